The van der Waals surface area contributed by atoms with Crippen LogP contribution in [0.3, 0.4) is 0 Å². The van der Waals surface area contributed by atoms with E-state index in [-0.39, 0.29) is 23.8 Å². The minimum absolute atomic E-state index is 0.0213. The van der Waals surface area contributed by atoms with E-state index in [0.717, 1.165) is 0 Å². The number of rotatable bonds is 5. The van der Waals surface area contributed by atoms with Gasteiger partial charge in [0, 0.05) is 41.7 Å². The quantitative estimate of drug-likeness (QED) is 0.761. The van der Waals surface area contributed by atoms with Gasteiger partial charge in [-0.05, 0) is 12.8 Å². The second kappa shape index (κ2) is 6.71. The summed E-state index contributed by atoms with van der Waals surface area (Å²) >= 11 is 0. The van der Waals surface area contributed by atoms with Crippen LogP contribution in [0.5, 0.6) is 0 Å². The number of ketones is 3. The second-order valence-electron chi connectivity index (χ2n) is 7.11. The Morgan fingerprint density at radius 3 is 2.00 bits per heavy atom. The van der Waals surface area contributed by atoms with Crippen molar-refractivity contribution in [2.75, 3.05) is 7.11 Å². The fraction of sp³-hybridized carbons (Fsp3) is 0.261. The topological polar surface area (TPSA) is 60.4 Å². The normalized spacial score (nSPS) is 24.2. The molecule has 5 rings (SSSR count). The Kier molecular flexibility index (Phi) is 4.36. The fourth-order valence-corrected chi connectivity index (χ4v) is 4.33. The maximum absolute atomic E-state index is 13.4. The number of allylic oxidation sites excluding steroid dienone is 1. The lowest BCUT2D eigenvalue weighted by Crippen LogP contribution is -2.52. The third kappa shape index (κ3) is 2.77. The number of methoxy groups -OCH3 is 1. The van der Waals surface area contributed by atoms with Crippen molar-refractivity contribution in [2.45, 2.75) is 24.9 Å². The van der Waals surface area contributed by atoms with Crippen LogP contribution in [0.1, 0.15) is 40.0 Å². The zero-order valence-corrected chi connectivity index (χ0v) is 15.1. The molecule has 4 nitrogen and oxygen atoms in total. The van der Waals surface area contributed by atoms with Crippen LogP contribution in [0, 0.1) is 5.92 Å². The average Bonchev–Trinajstić information content (AvgIpc) is 2.73. The number of Topliss-reactive ketones (excluding diaryl/α,β-unsaturated/α-hetero) is 3. The summed E-state index contributed by atoms with van der Waals surface area (Å²) in [4.78, 5) is 39.4. The molecule has 2 bridgehead atoms. The van der Waals surface area contributed by atoms with Crippen molar-refractivity contribution >= 4 is 17.3 Å². The molecule has 1 saturated carbocycles. The molecule has 3 aliphatic rings. The Bertz CT molecular complexity index is 943. The molecule has 0 saturated heterocycles. The lowest BCUT2D eigenvalue weighted by molar-refractivity contribution is -0.133. The molecule has 3 aliphatic carbocycles. The van der Waals surface area contributed by atoms with Gasteiger partial charge < -0.3 is 4.74 Å². The Balaban J connectivity index is 1.94. The summed E-state index contributed by atoms with van der Waals surface area (Å²) in [5, 5.41) is 0. The predicted octanol–water partition coefficient (Wildman–Crippen LogP) is 3.82. The standard InChI is InChI=1S/C23H20O4/c1-27-23-13-12-17(18(24)14-23)19(21(25)15-8-4-2-5-9-15)20(23)22(26)16-10-6-3-7-11-16/h2-11,17H,12-14H2,1H3/t17-,23-/m1/s1. The largest absolute Gasteiger partial charge is 0.373 e. The molecular weight excluding hydrogens is 340 g/mol. The Morgan fingerprint density at radius 1 is 0.926 bits per heavy atom. The summed E-state index contributed by atoms with van der Waals surface area (Å²) in [6.07, 6.45) is 1.25. The van der Waals surface area contributed by atoms with Crippen molar-refractivity contribution in [1.82, 2.24) is 0 Å². The number of fused-ring (bicyclic) bond motifs is 2. The minimum atomic E-state index is -1.02. The van der Waals surface area contributed by atoms with Crippen LogP contribution in [-0.4, -0.2) is 30.1 Å². The number of carbonyl (C=O) groups excluding carboxylic acids is 3. The first kappa shape index (κ1) is 17.6. The highest BCUT2D eigenvalue weighted by Gasteiger charge is 2.54. The predicted molar refractivity (Wildman–Crippen MR) is 101 cm³/mol. The molecule has 2 aromatic carbocycles. The van der Waals surface area contributed by atoms with Gasteiger partial charge >= 0.3 is 0 Å². The first-order valence-electron chi connectivity index (χ1n) is 9.09. The molecule has 0 spiro atoms. The van der Waals surface area contributed by atoms with Crippen molar-refractivity contribution in [3.05, 3.63) is 82.9 Å². The molecule has 0 unspecified atom stereocenters. The number of hydrogen-bond donors (Lipinski definition) is 0. The van der Waals surface area contributed by atoms with Gasteiger partial charge in [-0.2, -0.15) is 0 Å². The van der Waals surface area contributed by atoms with Gasteiger partial charge in [-0.15, -0.1) is 0 Å². The average molecular weight is 360 g/mol. The zero-order chi connectivity index (χ0) is 19.0. The maximum atomic E-state index is 13.4. The van der Waals surface area contributed by atoms with Gasteiger partial charge in [-0.25, -0.2) is 0 Å². The van der Waals surface area contributed by atoms with E-state index in [2.05, 4.69) is 0 Å². The summed E-state index contributed by atoms with van der Waals surface area (Å²) in [6.45, 7) is 0. The van der Waals surface area contributed by atoms with Crippen LogP contribution >= 0.6 is 0 Å². The van der Waals surface area contributed by atoms with E-state index in [1.165, 1.54) is 7.11 Å². The second-order valence-corrected chi connectivity index (χ2v) is 7.11. The van der Waals surface area contributed by atoms with Gasteiger partial charge in [0.15, 0.2) is 11.6 Å². The van der Waals surface area contributed by atoms with Crippen LogP contribution in [0.4, 0.5) is 0 Å². The Hall–Kier alpha value is -2.85. The highest BCUT2D eigenvalue weighted by Crippen LogP contribution is 2.49. The summed E-state index contributed by atoms with van der Waals surface area (Å²) in [7, 11) is 1.52. The van der Waals surface area contributed by atoms with Crippen LogP contribution in [0.15, 0.2) is 71.8 Å². The van der Waals surface area contributed by atoms with E-state index in [4.69, 9.17) is 4.74 Å². The van der Waals surface area contributed by atoms with E-state index >= 15 is 0 Å². The van der Waals surface area contributed by atoms with Gasteiger partial charge in [0.25, 0.3) is 0 Å². The molecule has 0 heterocycles. The van der Waals surface area contributed by atoms with Crippen molar-refractivity contribution < 1.29 is 19.1 Å². The molecule has 136 valence electrons. The van der Waals surface area contributed by atoms with E-state index in [1.54, 1.807) is 48.5 Å². The number of benzene rings is 2. The van der Waals surface area contributed by atoms with Crippen molar-refractivity contribution in [1.29, 1.82) is 0 Å². The van der Waals surface area contributed by atoms with Crippen molar-refractivity contribution in [3.8, 4) is 0 Å². The first-order chi connectivity index (χ1) is 13.1. The van der Waals surface area contributed by atoms with E-state index < -0.39 is 11.5 Å². The lowest BCUT2D eigenvalue weighted by Gasteiger charge is -2.46. The first-order valence-corrected chi connectivity index (χ1v) is 9.09. The molecule has 0 amide bonds. The SMILES string of the molecule is CO[C@]12CC[C@H](C(=O)C1)C(C(=O)c1ccccc1)=C2C(=O)c1ccccc1. The molecule has 0 radical (unpaired) electrons. The van der Waals surface area contributed by atoms with E-state index in [0.29, 0.717) is 35.1 Å². The Labute approximate surface area is 157 Å². The summed E-state index contributed by atoms with van der Waals surface area (Å²) in [5.74, 6) is -1.03. The third-order valence-electron chi connectivity index (χ3n) is 5.69. The maximum Gasteiger partial charge on any atom is 0.192 e. The summed E-state index contributed by atoms with van der Waals surface area (Å²) in [6, 6.07) is 17.7. The highest BCUT2D eigenvalue weighted by atomic mass is 16.5. The zero-order valence-electron chi connectivity index (χ0n) is 15.1. The Morgan fingerprint density at radius 2 is 1.48 bits per heavy atom. The van der Waals surface area contributed by atoms with Gasteiger partial charge in [-0.1, -0.05) is 60.7 Å². The van der Waals surface area contributed by atoms with Crippen LogP contribution in [0.2, 0.25) is 0 Å². The van der Waals surface area contributed by atoms with E-state index in [9.17, 15) is 14.4 Å². The summed E-state index contributed by atoms with van der Waals surface area (Å²) in [5.41, 5.74) is 0.651. The highest BCUT2D eigenvalue weighted by molar-refractivity contribution is 6.22. The third-order valence-corrected chi connectivity index (χ3v) is 5.69. The van der Waals surface area contributed by atoms with Crippen LogP contribution in [-0.2, 0) is 9.53 Å². The number of hydrogen-bond acceptors (Lipinski definition) is 4. The minimum Gasteiger partial charge on any atom is -0.373 e. The van der Waals surface area contributed by atoms with Crippen LogP contribution in [0.25, 0.3) is 0 Å². The molecule has 0 aromatic heterocycles. The molecule has 4 heteroatoms. The van der Waals surface area contributed by atoms with E-state index in [1.807, 2.05) is 12.1 Å². The summed E-state index contributed by atoms with van der Waals surface area (Å²) < 4.78 is 5.76. The molecule has 27 heavy (non-hydrogen) atoms. The van der Waals surface area contributed by atoms with Crippen molar-refractivity contribution in [2.24, 2.45) is 5.92 Å². The molecule has 0 aliphatic heterocycles. The molecule has 0 N–H and O–H groups in total. The van der Waals surface area contributed by atoms with Gasteiger partial charge in [0.05, 0.1) is 0 Å². The van der Waals surface area contributed by atoms with Gasteiger partial charge in [-0.3, -0.25) is 14.4 Å². The van der Waals surface area contributed by atoms with Gasteiger partial charge in [0.2, 0.25) is 0 Å². The lowest BCUT2D eigenvalue weighted by atomic mass is 9.60. The molecule has 2 atom stereocenters. The smallest absolute Gasteiger partial charge is 0.192 e. The molecular formula is C23H20O4. The van der Waals surface area contributed by atoms with Crippen molar-refractivity contribution in [3.63, 3.8) is 0 Å². The van der Waals surface area contributed by atoms with Gasteiger partial charge in [0.1, 0.15) is 11.4 Å². The monoisotopic (exact) mass is 360 g/mol. The molecule has 2 aromatic rings. The fourth-order valence-electron chi connectivity index (χ4n) is 4.33. The number of carbonyl (C=O) groups is 3. The van der Waals surface area contributed by atoms with Crippen LogP contribution < -0.4 is 0 Å². The number of ether oxygens (including phenoxy) is 1. The molecule has 1 fully saturated rings.